The Morgan fingerprint density at radius 1 is 1.05 bits per heavy atom. The van der Waals surface area contributed by atoms with Gasteiger partial charge in [-0.05, 0) is 69.4 Å². The highest BCUT2D eigenvalue weighted by molar-refractivity contribution is 6.36. The number of nitrogen functional groups attached to an aromatic ring is 1. The van der Waals surface area contributed by atoms with E-state index in [1.807, 2.05) is 15.8 Å². The van der Waals surface area contributed by atoms with Gasteiger partial charge in [0.15, 0.2) is 11.6 Å². The van der Waals surface area contributed by atoms with Crippen LogP contribution in [0.15, 0.2) is 55.0 Å². The summed E-state index contributed by atoms with van der Waals surface area (Å²) in [4.78, 5) is 70.6. The Balaban J connectivity index is 0.874. The van der Waals surface area contributed by atoms with Gasteiger partial charge in [-0.2, -0.15) is 5.10 Å². The van der Waals surface area contributed by atoms with Crippen LogP contribution in [0.1, 0.15) is 90.3 Å². The lowest BCUT2D eigenvalue weighted by atomic mass is 10.0. The number of amides is 5. The number of hydrogen-bond acceptors (Lipinski definition) is 10. The van der Waals surface area contributed by atoms with E-state index < -0.39 is 41.6 Å². The van der Waals surface area contributed by atoms with Crippen molar-refractivity contribution in [2.45, 2.75) is 70.1 Å². The first-order chi connectivity index (χ1) is 26.9. The zero-order chi connectivity index (χ0) is 39.7. The minimum Gasteiger partial charge on any atom is -0.482 e. The Kier molecular flexibility index (Phi) is 11.3. The molecule has 2 saturated heterocycles. The highest BCUT2D eigenvalue weighted by Gasteiger charge is 2.45. The molecule has 4 N–H and O–H groups in total. The zero-order valence-corrected chi connectivity index (χ0v) is 31.9. The van der Waals surface area contributed by atoms with Crippen molar-refractivity contribution < 1.29 is 33.1 Å². The number of aromatic nitrogens is 3. The van der Waals surface area contributed by atoms with Crippen molar-refractivity contribution in [3.63, 3.8) is 0 Å². The van der Waals surface area contributed by atoms with Gasteiger partial charge >= 0.3 is 0 Å². The molecule has 3 aliphatic heterocycles. The van der Waals surface area contributed by atoms with Crippen LogP contribution in [0, 0.1) is 5.82 Å². The van der Waals surface area contributed by atoms with Crippen LogP contribution in [-0.2, 0) is 14.4 Å². The van der Waals surface area contributed by atoms with Gasteiger partial charge < -0.3 is 20.7 Å². The van der Waals surface area contributed by atoms with Crippen LogP contribution in [0.3, 0.4) is 0 Å². The summed E-state index contributed by atoms with van der Waals surface area (Å²) in [5.74, 6) is -2.31. The number of rotatable bonds is 12. The summed E-state index contributed by atoms with van der Waals surface area (Å²) in [6.07, 6.45) is 7.82. The molecular formula is C39H39Cl2FN8O6. The lowest BCUT2D eigenvalue weighted by Crippen LogP contribution is -2.54. The Morgan fingerprint density at radius 3 is 2.61 bits per heavy atom. The molecule has 5 heterocycles. The van der Waals surface area contributed by atoms with Crippen molar-refractivity contribution in [3.05, 3.63) is 87.5 Å². The highest BCUT2D eigenvalue weighted by Crippen LogP contribution is 2.38. The number of ether oxygens (including phenoxy) is 1. The average molecular weight is 806 g/mol. The minimum absolute atomic E-state index is 0.0498. The first-order valence-corrected chi connectivity index (χ1v) is 19.1. The maximum Gasteiger partial charge on any atom is 0.264 e. The van der Waals surface area contributed by atoms with Gasteiger partial charge in [-0.15, -0.1) is 0 Å². The number of piperidine rings is 2. The average Bonchev–Trinajstić information content (AvgIpc) is 3.77. The third-order valence-electron chi connectivity index (χ3n) is 10.4. The molecule has 2 atom stereocenters. The van der Waals surface area contributed by atoms with E-state index in [-0.39, 0.29) is 57.5 Å². The molecule has 2 aromatic carbocycles. The number of likely N-dealkylation sites (tertiary alicyclic amines) is 1. The first kappa shape index (κ1) is 38.7. The molecule has 17 heteroatoms. The fourth-order valence-electron chi connectivity index (χ4n) is 7.38. The van der Waals surface area contributed by atoms with Gasteiger partial charge in [0.25, 0.3) is 11.8 Å². The summed E-state index contributed by atoms with van der Waals surface area (Å²) in [5, 5.41) is 10.2. The molecule has 1 unspecified atom stereocenters. The second-order valence-corrected chi connectivity index (χ2v) is 14.8. The molecular weight excluding hydrogens is 766 g/mol. The molecule has 0 spiro atoms. The van der Waals surface area contributed by atoms with Crippen LogP contribution in [0.25, 0.3) is 11.1 Å². The number of nitrogens with two attached hydrogens (primary N) is 1. The van der Waals surface area contributed by atoms with Gasteiger partial charge in [0.2, 0.25) is 17.7 Å². The van der Waals surface area contributed by atoms with Crippen LogP contribution in [0.4, 0.5) is 15.9 Å². The van der Waals surface area contributed by atoms with Gasteiger partial charge in [0, 0.05) is 72.3 Å². The maximum absolute atomic E-state index is 14.1. The van der Waals surface area contributed by atoms with E-state index >= 15 is 0 Å². The summed E-state index contributed by atoms with van der Waals surface area (Å²) in [6.45, 7) is 3.35. The number of fused-ring (bicyclic) bond motifs is 1. The Bertz CT molecular complexity index is 2220. The van der Waals surface area contributed by atoms with E-state index in [1.54, 1.807) is 43.6 Å². The van der Waals surface area contributed by atoms with Crippen LogP contribution in [0.2, 0.25) is 10.0 Å². The van der Waals surface area contributed by atoms with Crippen molar-refractivity contribution in [3.8, 4) is 16.9 Å². The molecule has 292 valence electrons. The van der Waals surface area contributed by atoms with Gasteiger partial charge in [0.05, 0.1) is 28.4 Å². The summed E-state index contributed by atoms with van der Waals surface area (Å²) in [6, 6.07) is 8.34. The minimum atomic E-state index is -1.03. The van der Waals surface area contributed by atoms with E-state index in [1.165, 1.54) is 12.1 Å². The molecule has 3 aliphatic rings. The van der Waals surface area contributed by atoms with Gasteiger partial charge in [-0.3, -0.25) is 38.9 Å². The Morgan fingerprint density at radius 2 is 1.84 bits per heavy atom. The third-order valence-corrected chi connectivity index (χ3v) is 11.1. The summed E-state index contributed by atoms with van der Waals surface area (Å²) >= 11 is 12.5. The third kappa shape index (κ3) is 7.78. The monoisotopic (exact) mass is 804 g/mol. The number of halogens is 3. The highest BCUT2D eigenvalue weighted by atomic mass is 35.5. The molecule has 56 heavy (non-hydrogen) atoms. The normalized spacial score (nSPS) is 17.9. The van der Waals surface area contributed by atoms with Crippen LogP contribution < -0.4 is 21.1 Å². The lowest BCUT2D eigenvalue weighted by Gasteiger charge is -2.32. The molecule has 0 bridgehead atoms. The van der Waals surface area contributed by atoms with Crippen molar-refractivity contribution in [1.82, 2.24) is 29.9 Å². The molecule has 0 radical (unpaired) electrons. The second kappa shape index (κ2) is 16.3. The molecule has 2 aromatic heterocycles. The smallest absolute Gasteiger partial charge is 0.264 e. The van der Waals surface area contributed by atoms with Crippen LogP contribution in [0.5, 0.6) is 5.75 Å². The van der Waals surface area contributed by atoms with Crippen molar-refractivity contribution in [1.29, 1.82) is 0 Å². The predicted octanol–water partition coefficient (Wildman–Crippen LogP) is 5.96. The fraction of sp³-hybridized carbons (Fsp3) is 0.359. The molecule has 0 aliphatic carbocycles. The number of nitrogens with zero attached hydrogens (tertiary/aromatic N) is 5. The summed E-state index contributed by atoms with van der Waals surface area (Å²) in [7, 11) is 0. The number of nitrogens with one attached hydrogen (secondary N) is 2. The lowest BCUT2D eigenvalue weighted by molar-refractivity contribution is -0.136. The van der Waals surface area contributed by atoms with Crippen LogP contribution in [-0.4, -0.2) is 79.8 Å². The fourth-order valence-corrected chi connectivity index (χ4v) is 8.06. The first-order valence-electron chi connectivity index (χ1n) is 18.4. The van der Waals surface area contributed by atoms with E-state index in [9.17, 15) is 28.4 Å². The number of carbonyl (C=O) groups is 5. The SMILES string of the molecule is C[C@@H](Oc1cc(-c2cnn(C3CCN(C(=O)CCCCNc4cccc5c4C(=O)N(C4CCC(=O)NC4=O)C5=O)CC3)c2)cnc1N)c1c(Cl)ccc(F)c1Cl. The molecule has 0 saturated carbocycles. The van der Waals surface area contributed by atoms with E-state index in [0.717, 1.165) is 28.9 Å². The summed E-state index contributed by atoms with van der Waals surface area (Å²) < 4.78 is 22.1. The molecule has 14 nitrogen and oxygen atoms in total. The molecule has 4 aromatic rings. The van der Waals surface area contributed by atoms with Crippen molar-refractivity contribution in [2.75, 3.05) is 30.7 Å². The van der Waals surface area contributed by atoms with E-state index in [2.05, 4.69) is 20.7 Å². The number of benzene rings is 2. The Labute approximate surface area is 331 Å². The van der Waals surface area contributed by atoms with Gasteiger partial charge in [-0.25, -0.2) is 9.37 Å². The van der Waals surface area contributed by atoms with E-state index in [4.69, 9.17) is 33.7 Å². The number of imide groups is 2. The number of anilines is 2. The van der Waals surface area contributed by atoms with Gasteiger partial charge in [0.1, 0.15) is 18.0 Å². The maximum atomic E-state index is 14.1. The van der Waals surface area contributed by atoms with Crippen LogP contribution >= 0.6 is 23.2 Å². The number of carbonyl (C=O) groups excluding carboxylic acids is 5. The number of unbranched alkanes of at least 4 members (excludes halogenated alkanes) is 1. The molecule has 7 rings (SSSR count). The standard InChI is InChI=1S/C39H39Cl2FN8O6/c1-21(33-26(40)8-9-27(42)35(33)41)56-30-17-22(18-45-36(30)43)23-19-46-49(20-23)24-12-15-48(16-13-24)32(52)7-2-3-14-44-28-6-4-5-25-34(28)39(55)50(38(25)54)29-10-11-31(51)47-37(29)53/h4-6,8-9,17-21,24,29,44H,2-3,7,10-16H2,1H3,(H2,43,45)(H,47,51,53)/t21-,29?/m1/s1. The zero-order valence-electron chi connectivity index (χ0n) is 30.4. The second-order valence-electron chi connectivity index (χ2n) is 14.0. The quantitative estimate of drug-likeness (QED) is 0.0878. The largest absolute Gasteiger partial charge is 0.482 e. The van der Waals surface area contributed by atoms with Crippen molar-refractivity contribution in [2.24, 2.45) is 0 Å². The molecule has 5 amide bonds. The summed E-state index contributed by atoms with van der Waals surface area (Å²) in [5.41, 5.74) is 8.84. The van der Waals surface area contributed by atoms with Gasteiger partial charge in [-0.1, -0.05) is 29.3 Å². The number of pyridine rings is 1. The predicted molar refractivity (Wildman–Crippen MR) is 206 cm³/mol. The topological polar surface area (TPSA) is 182 Å². The number of hydrogen-bond donors (Lipinski definition) is 3. The Hall–Kier alpha value is -5.54. The van der Waals surface area contributed by atoms with Crippen molar-refractivity contribution >= 4 is 64.2 Å². The molecule has 2 fully saturated rings. The van der Waals surface area contributed by atoms with E-state index in [0.29, 0.717) is 50.1 Å².